The van der Waals surface area contributed by atoms with Gasteiger partial charge in [0.25, 0.3) is 0 Å². The summed E-state index contributed by atoms with van der Waals surface area (Å²) in [5.74, 6) is -1.73. The molecule has 0 aliphatic heterocycles. The van der Waals surface area contributed by atoms with Crippen LogP contribution in [0.2, 0.25) is 0 Å². The number of halogens is 2. The van der Waals surface area contributed by atoms with E-state index in [2.05, 4.69) is 11.4 Å². The third-order valence-corrected chi connectivity index (χ3v) is 4.09. The number of thiophene rings is 1. The van der Waals surface area contributed by atoms with Crippen molar-refractivity contribution in [1.29, 1.82) is 0 Å². The predicted octanol–water partition coefficient (Wildman–Crippen LogP) is 3.71. The lowest BCUT2D eigenvalue weighted by molar-refractivity contribution is -0.121. The van der Waals surface area contributed by atoms with Gasteiger partial charge in [0.15, 0.2) is 11.6 Å². The maximum atomic E-state index is 13.4. The summed E-state index contributed by atoms with van der Waals surface area (Å²) >= 11 is 1.68. The molecule has 2 nitrogen and oxygen atoms in total. The average Bonchev–Trinajstić information content (AvgIpc) is 2.97. The van der Waals surface area contributed by atoms with Gasteiger partial charge in [-0.25, -0.2) is 8.78 Å². The van der Waals surface area contributed by atoms with E-state index in [1.165, 1.54) is 17.0 Å². The average molecular weight is 309 g/mol. The molecule has 112 valence electrons. The molecule has 0 radical (unpaired) electrons. The van der Waals surface area contributed by atoms with E-state index in [1.807, 2.05) is 11.4 Å². The highest BCUT2D eigenvalue weighted by Crippen LogP contribution is 2.12. The molecule has 2 aromatic rings. The van der Waals surface area contributed by atoms with Crippen molar-refractivity contribution in [2.24, 2.45) is 0 Å². The first-order valence-corrected chi connectivity index (χ1v) is 7.77. The zero-order chi connectivity index (χ0) is 15.1. The SMILES string of the molecule is O=C(CCCc1cccs1)NCCc1cccc(F)c1F. The Balaban J connectivity index is 1.66. The van der Waals surface area contributed by atoms with E-state index < -0.39 is 11.6 Å². The Morgan fingerprint density at radius 1 is 1.14 bits per heavy atom. The third-order valence-electron chi connectivity index (χ3n) is 3.16. The Hall–Kier alpha value is -1.75. The second-order valence-electron chi connectivity index (χ2n) is 4.75. The quantitative estimate of drug-likeness (QED) is 0.830. The molecule has 0 atom stereocenters. The summed E-state index contributed by atoms with van der Waals surface area (Å²) < 4.78 is 26.4. The van der Waals surface area contributed by atoms with Gasteiger partial charge in [0.05, 0.1) is 0 Å². The first kappa shape index (κ1) is 15.6. The van der Waals surface area contributed by atoms with Crippen LogP contribution in [0.3, 0.4) is 0 Å². The van der Waals surface area contributed by atoms with Crippen molar-refractivity contribution in [2.75, 3.05) is 6.54 Å². The number of carbonyl (C=O) groups is 1. The molecule has 1 amide bonds. The van der Waals surface area contributed by atoms with Crippen molar-refractivity contribution < 1.29 is 13.6 Å². The zero-order valence-corrected chi connectivity index (χ0v) is 12.4. The molecule has 0 bridgehead atoms. The van der Waals surface area contributed by atoms with Gasteiger partial charge in [0.1, 0.15) is 0 Å². The molecule has 1 aromatic carbocycles. The monoisotopic (exact) mass is 309 g/mol. The standard InChI is InChI=1S/C16H17F2NOS/c17-14-7-1-4-12(16(14)18)9-10-19-15(20)8-2-5-13-6-3-11-21-13/h1,3-4,6-7,11H,2,5,8-10H2,(H,19,20). The molecule has 1 N–H and O–H groups in total. The molecular weight excluding hydrogens is 292 g/mol. The van der Waals surface area contributed by atoms with Crippen molar-refractivity contribution in [3.8, 4) is 0 Å². The van der Waals surface area contributed by atoms with Crippen LogP contribution >= 0.6 is 11.3 Å². The van der Waals surface area contributed by atoms with Crippen LogP contribution in [0.4, 0.5) is 8.78 Å². The molecule has 1 heterocycles. The molecule has 1 aromatic heterocycles. The Bertz CT molecular complexity index is 584. The Morgan fingerprint density at radius 3 is 2.76 bits per heavy atom. The maximum absolute atomic E-state index is 13.4. The van der Waals surface area contributed by atoms with Crippen molar-refractivity contribution in [3.05, 3.63) is 57.8 Å². The van der Waals surface area contributed by atoms with Gasteiger partial charge in [-0.15, -0.1) is 11.3 Å². The maximum Gasteiger partial charge on any atom is 0.220 e. The van der Waals surface area contributed by atoms with Gasteiger partial charge >= 0.3 is 0 Å². The highest BCUT2D eigenvalue weighted by Gasteiger charge is 2.08. The number of benzene rings is 1. The van der Waals surface area contributed by atoms with Crippen molar-refractivity contribution >= 4 is 17.2 Å². The normalized spacial score (nSPS) is 10.6. The van der Waals surface area contributed by atoms with E-state index >= 15 is 0 Å². The molecule has 0 spiro atoms. The molecule has 0 saturated carbocycles. The van der Waals surface area contributed by atoms with E-state index in [1.54, 1.807) is 11.3 Å². The van der Waals surface area contributed by atoms with Gasteiger partial charge in [-0.3, -0.25) is 4.79 Å². The minimum absolute atomic E-state index is 0.0524. The van der Waals surface area contributed by atoms with Crippen LogP contribution in [0.1, 0.15) is 23.3 Å². The second kappa shape index (κ2) is 7.88. The third kappa shape index (κ3) is 4.93. The number of hydrogen-bond donors (Lipinski definition) is 1. The van der Waals surface area contributed by atoms with E-state index in [-0.39, 0.29) is 11.5 Å². The van der Waals surface area contributed by atoms with Gasteiger partial charge in [-0.1, -0.05) is 18.2 Å². The molecule has 5 heteroatoms. The highest BCUT2D eigenvalue weighted by atomic mass is 32.1. The Labute approximate surface area is 126 Å². The van der Waals surface area contributed by atoms with Crippen LogP contribution < -0.4 is 5.32 Å². The number of carbonyl (C=O) groups excluding carboxylic acids is 1. The van der Waals surface area contributed by atoms with E-state index in [0.717, 1.165) is 18.9 Å². The summed E-state index contributed by atoms with van der Waals surface area (Å²) in [5.41, 5.74) is 0.286. The lowest BCUT2D eigenvalue weighted by Gasteiger charge is -2.06. The van der Waals surface area contributed by atoms with Crippen LogP contribution in [-0.2, 0) is 17.6 Å². The zero-order valence-electron chi connectivity index (χ0n) is 11.6. The minimum atomic E-state index is -0.852. The van der Waals surface area contributed by atoms with Crippen LogP contribution in [0, 0.1) is 11.6 Å². The lowest BCUT2D eigenvalue weighted by Crippen LogP contribution is -2.25. The van der Waals surface area contributed by atoms with E-state index in [4.69, 9.17) is 0 Å². The Kier molecular flexibility index (Phi) is 5.87. The van der Waals surface area contributed by atoms with Crippen molar-refractivity contribution in [2.45, 2.75) is 25.7 Å². The summed E-state index contributed by atoms with van der Waals surface area (Å²) in [4.78, 5) is 12.9. The van der Waals surface area contributed by atoms with Crippen LogP contribution in [0.5, 0.6) is 0 Å². The molecule has 0 saturated heterocycles. The number of rotatable bonds is 7. The topological polar surface area (TPSA) is 29.1 Å². The van der Waals surface area contributed by atoms with Crippen molar-refractivity contribution in [3.63, 3.8) is 0 Å². The van der Waals surface area contributed by atoms with Gasteiger partial charge in [-0.2, -0.15) is 0 Å². The molecule has 21 heavy (non-hydrogen) atoms. The van der Waals surface area contributed by atoms with Crippen molar-refractivity contribution in [1.82, 2.24) is 5.32 Å². The first-order valence-electron chi connectivity index (χ1n) is 6.89. The predicted molar refractivity (Wildman–Crippen MR) is 80.3 cm³/mol. The molecule has 0 unspecified atom stereocenters. The first-order chi connectivity index (χ1) is 10.2. The fourth-order valence-corrected chi connectivity index (χ4v) is 2.80. The number of nitrogens with one attached hydrogen (secondary N) is 1. The Morgan fingerprint density at radius 2 is 2.00 bits per heavy atom. The number of amides is 1. The minimum Gasteiger partial charge on any atom is -0.356 e. The summed E-state index contributed by atoms with van der Waals surface area (Å²) in [6.07, 6.45) is 2.42. The van der Waals surface area contributed by atoms with Gasteiger partial charge in [0.2, 0.25) is 5.91 Å². The van der Waals surface area contributed by atoms with Gasteiger partial charge in [0, 0.05) is 17.8 Å². The second-order valence-corrected chi connectivity index (χ2v) is 5.78. The van der Waals surface area contributed by atoms with Gasteiger partial charge in [-0.05, 0) is 42.3 Å². The van der Waals surface area contributed by atoms with Gasteiger partial charge < -0.3 is 5.32 Å². The summed E-state index contributed by atoms with van der Waals surface area (Å²) in [6.45, 7) is 0.318. The van der Waals surface area contributed by atoms with Crippen LogP contribution in [0.15, 0.2) is 35.7 Å². The van der Waals surface area contributed by atoms with Crippen LogP contribution in [0.25, 0.3) is 0 Å². The van der Waals surface area contributed by atoms with Crippen LogP contribution in [-0.4, -0.2) is 12.5 Å². The molecule has 0 aliphatic rings. The van der Waals surface area contributed by atoms with E-state index in [9.17, 15) is 13.6 Å². The summed E-state index contributed by atoms with van der Waals surface area (Å²) in [6, 6.07) is 8.13. The largest absolute Gasteiger partial charge is 0.356 e. The smallest absolute Gasteiger partial charge is 0.220 e. The molecule has 0 aliphatic carbocycles. The van der Waals surface area contributed by atoms with E-state index in [0.29, 0.717) is 19.4 Å². The fourth-order valence-electron chi connectivity index (χ4n) is 2.04. The molecule has 0 fully saturated rings. The summed E-state index contributed by atoms with van der Waals surface area (Å²) in [7, 11) is 0. The fraction of sp³-hybridized carbons (Fsp3) is 0.312. The number of aryl methyl sites for hydroxylation is 1. The number of hydrogen-bond acceptors (Lipinski definition) is 2. The summed E-state index contributed by atoms with van der Waals surface area (Å²) in [5, 5.41) is 4.75. The highest BCUT2D eigenvalue weighted by molar-refractivity contribution is 7.09. The molecule has 2 rings (SSSR count). The lowest BCUT2D eigenvalue weighted by atomic mass is 10.1. The molecular formula is C16H17F2NOS.